The highest BCUT2D eigenvalue weighted by Gasteiger charge is 2.77. The van der Waals surface area contributed by atoms with E-state index in [1.807, 2.05) is 6.92 Å². The van der Waals surface area contributed by atoms with Gasteiger partial charge in [0.2, 0.25) is 0 Å². The summed E-state index contributed by atoms with van der Waals surface area (Å²) in [4.78, 5) is 0. The number of hydrogen-bond donors (Lipinski definition) is 3. The molecular weight excluding hydrogens is 416 g/mol. The molecule has 0 aromatic rings. The molecule has 2 saturated heterocycles. The summed E-state index contributed by atoms with van der Waals surface area (Å²) in [6.07, 6.45) is 6.94. The molecule has 2 heterocycles. The maximum absolute atomic E-state index is 12.2. The minimum Gasteiger partial charge on any atom is -0.393 e. The van der Waals surface area contributed by atoms with Gasteiger partial charge >= 0.3 is 0 Å². The summed E-state index contributed by atoms with van der Waals surface area (Å²) in [7, 11) is 0. The molecule has 6 aliphatic rings. The molecule has 33 heavy (non-hydrogen) atoms. The van der Waals surface area contributed by atoms with Crippen LogP contribution in [0.25, 0.3) is 0 Å². The zero-order valence-electron chi connectivity index (χ0n) is 21.5. The zero-order chi connectivity index (χ0) is 23.8. The second kappa shape index (κ2) is 6.76. The third-order valence-electron chi connectivity index (χ3n) is 12.5. The fraction of sp³-hybridized carbons (Fsp3) is 1.00. The molecule has 3 N–H and O–H groups in total. The Morgan fingerprint density at radius 3 is 2.27 bits per heavy atom. The van der Waals surface area contributed by atoms with E-state index in [2.05, 4.69) is 34.6 Å². The van der Waals surface area contributed by atoms with Gasteiger partial charge in [-0.2, -0.15) is 0 Å². The highest BCUT2D eigenvalue weighted by atomic mass is 16.7. The first kappa shape index (κ1) is 23.2. The minimum absolute atomic E-state index is 0.0132. The van der Waals surface area contributed by atoms with Crippen molar-refractivity contribution in [2.75, 3.05) is 0 Å². The molecule has 13 atom stereocenters. The van der Waals surface area contributed by atoms with Crippen molar-refractivity contribution in [3.05, 3.63) is 0 Å². The fourth-order valence-corrected chi connectivity index (χ4v) is 10.7. The summed E-state index contributed by atoms with van der Waals surface area (Å²) in [5.41, 5.74) is -1.45. The Hall–Kier alpha value is -0.200. The van der Waals surface area contributed by atoms with Gasteiger partial charge in [-0.15, -0.1) is 0 Å². The van der Waals surface area contributed by atoms with Crippen molar-refractivity contribution in [1.29, 1.82) is 0 Å². The number of rotatable bonds is 0. The van der Waals surface area contributed by atoms with Crippen LogP contribution in [0.3, 0.4) is 0 Å². The molecule has 0 bridgehead atoms. The molecule has 188 valence electrons. The lowest BCUT2D eigenvalue weighted by Gasteiger charge is -2.63. The van der Waals surface area contributed by atoms with Crippen LogP contribution >= 0.6 is 0 Å². The standard InChI is InChI=1S/C28H46O5/c1-15-13-28(33-24(15,2)3)27(6,31)23-21(32-28)12-19-18-8-7-16-11-17(29)9-10-25(16,4)22(18)20(30)14-26(19,23)5/h15-23,29-31H,7-14H2,1-6H3/t15-,16+,17+,18-,19-,20-,21-,22-,23-,25-,26-,27+,28+/m0/s1. The van der Waals surface area contributed by atoms with Gasteiger partial charge in [0, 0.05) is 12.3 Å². The van der Waals surface area contributed by atoms with Crippen molar-refractivity contribution in [1.82, 2.24) is 0 Å². The summed E-state index contributed by atoms with van der Waals surface area (Å²) in [6, 6.07) is 0. The number of ether oxygens (including phenoxy) is 2. The van der Waals surface area contributed by atoms with Crippen LogP contribution in [0.1, 0.15) is 92.9 Å². The van der Waals surface area contributed by atoms with Crippen molar-refractivity contribution in [3.8, 4) is 0 Å². The van der Waals surface area contributed by atoms with Gasteiger partial charge in [0.15, 0.2) is 5.79 Å². The van der Waals surface area contributed by atoms with Crippen molar-refractivity contribution in [3.63, 3.8) is 0 Å². The second-order valence-corrected chi connectivity index (χ2v) is 14.4. The Morgan fingerprint density at radius 2 is 1.61 bits per heavy atom. The normalized spacial score (nSPS) is 63.7. The van der Waals surface area contributed by atoms with E-state index in [0.717, 1.165) is 51.4 Å². The van der Waals surface area contributed by atoms with E-state index >= 15 is 0 Å². The van der Waals surface area contributed by atoms with Crippen LogP contribution in [0.5, 0.6) is 0 Å². The predicted octanol–water partition coefficient (Wildman–Crippen LogP) is 4.27. The predicted molar refractivity (Wildman–Crippen MR) is 125 cm³/mol. The average Bonchev–Trinajstić information content (AvgIpc) is 3.20. The van der Waals surface area contributed by atoms with E-state index in [4.69, 9.17) is 9.47 Å². The number of aliphatic hydroxyl groups excluding tert-OH is 2. The monoisotopic (exact) mass is 462 g/mol. The highest BCUT2D eigenvalue weighted by Crippen LogP contribution is 2.72. The van der Waals surface area contributed by atoms with Crippen LogP contribution in [0.2, 0.25) is 0 Å². The summed E-state index contributed by atoms with van der Waals surface area (Å²) in [5, 5.41) is 34.2. The maximum Gasteiger partial charge on any atom is 0.198 e. The topological polar surface area (TPSA) is 79.2 Å². The third kappa shape index (κ3) is 2.78. The lowest BCUT2D eigenvalue weighted by molar-refractivity contribution is -0.300. The average molecular weight is 463 g/mol. The number of hydrogen-bond acceptors (Lipinski definition) is 5. The molecule has 4 aliphatic carbocycles. The first-order chi connectivity index (χ1) is 15.3. The SMILES string of the molecule is C[C@H]1C[C@@]2(O[C@H]3C[C@H]4[C@@H]5CC[C@@H]6C[C@H](O)CC[C@]6(C)[C@@H]5[C@@H](O)C[C@]4(C)[C@H]3[C@@]2(C)O)OC1(C)C. The third-order valence-corrected chi connectivity index (χ3v) is 12.5. The van der Waals surface area contributed by atoms with Crippen LogP contribution in [0.15, 0.2) is 0 Å². The Kier molecular flexibility index (Phi) is 4.76. The molecule has 6 rings (SSSR count). The van der Waals surface area contributed by atoms with Crippen molar-refractivity contribution >= 4 is 0 Å². The van der Waals surface area contributed by atoms with Crippen LogP contribution in [-0.4, -0.2) is 50.6 Å². The van der Waals surface area contributed by atoms with E-state index in [9.17, 15) is 15.3 Å². The maximum atomic E-state index is 12.2. The van der Waals surface area contributed by atoms with E-state index in [1.54, 1.807) is 0 Å². The first-order valence-electron chi connectivity index (χ1n) is 13.7. The number of aliphatic hydroxyl groups is 3. The van der Waals surface area contributed by atoms with Gasteiger partial charge in [0.05, 0.1) is 23.9 Å². The van der Waals surface area contributed by atoms with Gasteiger partial charge < -0.3 is 24.8 Å². The van der Waals surface area contributed by atoms with Crippen LogP contribution in [0.4, 0.5) is 0 Å². The van der Waals surface area contributed by atoms with Gasteiger partial charge in [-0.1, -0.05) is 20.8 Å². The Balaban J connectivity index is 1.34. The van der Waals surface area contributed by atoms with Crippen molar-refractivity contribution in [2.24, 2.45) is 46.3 Å². The molecule has 6 fully saturated rings. The molecule has 4 saturated carbocycles. The van der Waals surface area contributed by atoms with E-state index < -0.39 is 11.4 Å². The largest absolute Gasteiger partial charge is 0.393 e. The molecule has 0 radical (unpaired) electrons. The molecule has 0 unspecified atom stereocenters. The zero-order valence-corrected chi connectivity index (χ0v) is 21.5. The molecule has 2 aliphatic heterocycles. The summed E-state index contributed by atoms with van der Waals surface area (Å²) >= 11 is 0. The summed E-state index contributed by atoms with van der Waals surface area (Å²) in [5.74, 6) is 1.08. The first-order valence-corrected chi connectivity index (χ1v) is 13.7. The Bertz CT molecular complexity index is 825. The molecule has 0 amide bonds. The molecule has 5 nitrogen and oxygen atoms in total. The lowest BCUT2D eigenvalue weighted by atomic mass is 9.43. The highest BCUT2D eigenvalue weighted by molar-refractivity contribution is 5.22. The summed E-state index contributed by atoms with van der Waals surface area (Å²) in [6.45, 7) is 13.1. The Morgan fingerprint density at radius 1 is 0.879 bits per heavy atom. The van der Waals surface area contributed by atoms with E-state index in [0.29, 0.717) is 29.6 Å². The molecule has 0 aromatic carbocycles. The van der Waals surface area contributed by atoms with Crippen LogP contribution < -0.4 is 0 Å². The second-order valence-electron chi connectivity index (χ2n) is 14.4. The molecular formula is C28H46O5. The van der Waals surface area contributed by atoms with Gasteiger partial charge in [0.1, 0.15) is 5.60 Å². The number of fused-ring (bicyclic) bond motifs is 7. The molecule has 0 aromatic heterocycles. The smallest absolute Gasteiger partial charge is 0.198 e. The van der Waals surface area contributed by atoms with Gasteiger partial charge in [-0.05, 0) is 106 Å². The fourth-order valence-electron chi connectivity index (χ4n) is 10.7. The molecule has 1 spiro atoms. The van der Waals surface area contributed by atoms with Crippen molar-refractivity contribution < 1.29 is 24.8 Å². The van der Waals surface area contributed by atoms with E-state index in [-0.39, 0.29) is 40.7 Å². The lowest BCUT2D eigenvalue weighted by Crippen LogP contribution is -2.62. The van der Waals surface area contributed by atoms with Gasteiger partial charge in [-0.25, -0.2) is 0 Å². The van der Waals surface area contributed by atoms with Gasteiger partial charge in [-0.3, -0.25) is 0 Å². The van der Waals surface area contributed by atoms with Crippen molar-refractivity contribution in [2.45, 2.75) is 128 Å². The van der Waals surface area contributed by atoms with Crippen LogP contribution in [0, 0.1) is 46.3 Å². The summed E-state index contributed by atoms with van der Waals surface area (Å²) < 4.78 is 13.3. The van der Waals surface area contributed by atoms with Crippen LogP contribution in [-0.2, 0) is 9.47 Å². The van der Waals surface area contributed by atoms with E-state index in [1.165, 1.54) is 0 Å². The minimum atomic E-state index is -1.08. The molecule has 5 heteroatoms. The van der Waals surface area contributed by atoms with Gasteiger partial charge in [0.25, 0.3) is 0 Å². The quantitative estimate of drug-likeness (QED) is 0.501. The Labute approximate surface area is 199 Å².